The van der Waals surface area contributed by atoms with Crippen molar-refractivity contribution in [1.29, 1.82) is 0 Å². The van der Waals surface area contributed by atoms with Gasteiger partial charge in [0.1, 0.15) is 0 Å². The number of carbonyl (C=O) groups is 1. The summed E-state index contributed by atoms with van der Waals surface area (Å²) in [6, 6.07) is 14.0. The Hall–Kier alpha value is -2.68. The highest BCUT2D eigenvalue weighted by Gasteiger charge is 2.18. The van der Waals surface area contributed by atoms with Crippen LogP contribution in [-0.2, 0) is 6.42 Å². The summed E-state index contributed by atoms with van der Waals surface area (Å²) in [5.74, 6) is -0.0905. The number of amides is 1. The maximum atomic E-state index is 13.0. The fourth-order valence-electron chi connectivity index (χ4n) is 3.24. The minimum absolute atomic E-state index is 0.0905. The Labute approximate surface area is 142 Å². The molecule has 1 amide bonds. The number of aryl methyl sites for hydroxylation is 4. The van der Waals surface area contributed by atoms with Gasteiger partial charge in [0.05, 0.1) is 16.8 Å². The van der Waals surface area contributed by atoms with E-state index in [1.54, 1.807) is 0 Å². The van der Waals surface area contributed by atoms with E-state index in [4.69, 9.17) is 0 Å². The zero-order valence-corrected chi connectivity index (χ0v) is 14.6. The van der Waals surface area contributed by atoms with Gasteiger partial charge in [-0.3, -0.25) is 9.78 Å². The van der Waals surface area contributed by atoms with E-state index in [0.717, 1.165) is 45.4 Å². The van der Waals surface area contributed by atoms with Crippen molar-refractivity contribution in [3.8, 4) is 0 Å². The molecule has 0 aliphatic carbocycles. The normalized spacial score (nSPS) is 10.8. The van der Waals surface area contributed by atoms with Crippen LogP contribution in [0.1, 0.15) is 39.7 Å². The van der Waals surface area contributed by atoms with Gasteiger partial charge >= 0.3 is 0 Å². The summed E-state index contributed by atoms with van der Waals surface area (Å²) in [5, 5.41) is 4.14. The average molecular weight is 318 g/mol. The summed E-state index contributed by atoms with van der Waals surface area (Å²) in [5.41, 5.74) is 6.46. The lowest BCUT2D eigenvalue weighted by Gasteiger charge is -2.16. The first-order valence-corrected chi connectivity index (χ1v) is 8.28. The maximum absolute atomic E-state index is 13.0. The highest BCUT2D eigenvalue weighted by molar-refractivity contribution is 6.09. The minimum atomic E-state index is -0.0905. The second kappa shape index (κ2) is 6.44. The van der Waals surface area contributed by atoms with Crippen molar-refractivity contribution in [2.45, 2.75) is 34.1 Å². The van der Waals surface area contributed by atoms with Gasteiger partial charge in [0.2, 0.25) is 0 Å². The number of benzene rings is 2. The van der Waals surface area contributed by atoms with Gasteiger partial charge in [-0.05, 0) is 49.9 Å². The predicted molar refractivity (Wildman–Crippen MR) is 99.7 cm³/mol. The van der Waals surface area contributed by atoms with Crippen molar-refractivity contribution in [1.82, 2.24) is 4.98 Å². The third-order valence-corrected chi connectivity index (χ3v) is 4.54. The van der Waals surface area contributed by atoms with Gasteiger partial charge in [-0.25, -0.2) is 0 Å². The highest BCUT2D eigenvalue weighted by atomic mass is 16.1. The Morgan fingerprint density at radius 2 is 1.79 bits per heavy atom. The van der Waals surface area contributed by atoms with Crippen molar-refractivity contribution in [3.05, 3.63) is 70.4 Å². The SMILES string of the molecule is CCc1cccc(C)c1NC(=O)c1c(C)nc2ccccc2c1C. The lowest BCUT2D eigenvalue weighted by molar-refractivity contribution is 0.102. The molecule has 3 aromatic rings. The molecule has 0 aliphatic heterocycles. The largest absolute Gasteiger partial charge is 0.321 e. The van der Waals surface area contributed by atoms with Crippen LogP contribution >= 0.6 is 0 Å². The van der Waals surface area contributed by atoms with Crippen LogP contribution in [0.5, 0.6) is 0 Å². The van der Waals surface area contributed by atoms with E-state index in [9.17, 15) is 4.79 Å². The summed E-state index contributed by atoms with van der Waals surface area (Å²) in [7, 11) is 0. The molecule has 0 atom stereocenters. The Balaban J connectivity index is 2.07. The number of rotatable bonds is 3. The number of hydrogen-bond donors (Lipinski definition) is 1. The molecule has 0 unspecified atom stereocenters. The number of anilines is 1. The quantitative estimate of drug-likeness (QED) is 0.740. The van der Waals surface area contributed by atoms with E-state index in [0.29, 0.717) is 5.56 Å². The molecule has 1 heterocycles. The third-order valence-electron chi connectivity index (χ3n) is 4.54. The van der Waals surface area contributed by atoms with Crippen LogP contribution in [-0.4, -0.2) is 10.9 Å². The highest BCUT2D eigenvalue weighted by Crippen LogP contribution is 2.26. The van der Waals surface area contributed by atoms with Crippen LogP contribution in [0.25, 0.3) is 10.9 Å². The zero-order chi connectivity index (χ0) is 17.3. The van der Waals surface area contributed by atoms with Crippen molar-refractivity contribution in [3.63, 3.8) is 0 Å². The first-order chi connectivity index (χ1) is 11.5. The van der Waals surface area contributed by atoms with E-state index in [2.05, 4.69) is 23.3 Å². The molecule has 3 nitrogen and oxygen atoms in total. The topological polar surface area (TPSA) is 42.0 Å². The Kier molecular flexibility index (Phi) is 4.34. The van der Waals surface area contributed by atoms with Crippen LogP contribution < -0.4 is 5.32 Å². The Morgan fingerprint density at radius 3 is 2.54 bits per heavy atom. The van der Waals surface area contributed by atoms with E-state index >= 15 is 0 Å². The monoisotopic (exact) mass is 318 g/mol. The number of hydrogen-bond acceptors (Lipinski definition) is 2. The van der Waals surface area contributed by atoms with Gasteiger partial charge in [0.15, 0.2) is 0 Å². The summed E-state index contributed by atoms with van der Waals surface area (Å²) in [6.45, 7) is 8.00. The molecule has 2 aromatic carbocycles. The predicted octanol–water partition coefficient (Wildman–Crippen LogP) is 4.97. The third kappa shape index (κ3) is 2.78. The number of nitrogens with zero attached hydrogens (tertiary/aromatic N) is 1. The summed E-state index contributed by atoms with van der Waals surface area (Å²) < 4.78 is 0. The molecule has 0 saturated heterocycles. The van der Waals surface area contributed by atoms with Gasteiger partial charge in [-0.15, -0.1) is 0 Å². The molecule has 0 radical (unpaired) electrons. The molecule has 0 spiro atoms. The van der Waals surface area contributed by atoms with Crippen LogP contribution in [0.4, 0.5) is 5.69 Å². The second-order valence-electron chi connectivity index (χ2n) is 6.13. The average Bonchev–Trinajstić information content (AvgIpc) is 2.56. The Bertz CT molecular complexity index is 929. The lowest BCUT2D eigenvalue weighted by Crippen LogP contribution is -2.18. The Morgan fingerprint density at radius 1 is 1.04 bits per heavy atom. The molecule has 3 heteroatoms. The fraction of sp³-hybridized carbons (Fsp3) is 0.238. The molecular formula is C21H22N2O. The van der Waals surface area contributed by atoms with E-state index in [1.165, 1.54) is 0 Å². The molecule has 122 valence electrons. The van der Waals surface area contributed by atoms with E-state index in [-0.39, 0.29) is 5.91 Å². The zero-order valence-electron chi connectivity index (χ0n) is 14.6. The maximum Gasteiger partial charge on any atom is 0.257 e. The van der Waals surface area contributed by atoms with Crippen LogP contribution in [0.3, 0.4) is 0 Å². The second-order valence-corrected chi connectivity index (χ2v) is 6.13. The molecule has 24 heavy (non-hydrogen) atoms. The minimum Gasteiger partial charge on any atom is -0.321 e. The number of aromatic nitrogens is 1. The molecule has 0 fully saturated rings. The first-order valence-electron chi connectivity index (χ1n) is 8.28. The van der Waals surface area contributed by atoms with Gasteiger partial charge in [0.25, 0.3) is 5.91 Å². The van der Waals surface area contributed by atoms with Crippen LogP contribution in [0.15, 0.2) is 42.5 Å². The van der Waals surface area contributed by atoms with E-state index in [1.807, 2.05) is 57.2 Å². The first kappa shape index (κ1) is 16.2. The molecule has 1 aromatic heterocycles. The van der Waals surface area contributed by atoms with Crippen LogP contribution in [0, 0.1) is 20.8 Å². The lowest BCUT2D eigenvalue weighted by atomic mass is 10.0. The number of para-hydroxylation sites is 2. The van der Waals surface area contributed by atoms with Crippen LogP contribution in [0.2, 0.25) is 0 Å². The number of nitrogens with one attached hydrogen (secondary N) is 1. The molecular weight excluding hydrogens is 296 g/mol. The number of carbonyl (C=O) groups excluding carboxylic acids is 1. The van der Waals surface area contributed by atoms with Gasteiger partial charge in [-0.2, -0.15) is 0 Å². The van der Waals surface area contributed by atoms with Crippen molar-refractivity contribution < 1.29 is 4.79 Å². The van der Waals surface area contributed by atoms with Gasteiger partial charge in [-0.1, -0.05) is 43.3 Å². The van der Waals surface area contributed by atoms with Crippen molar-refractivity contribution >= 4 is 22.5 Å². The summed E-state index contributed by atoms with van der Waals surface area (Å²) >= 11 is 0. The van der Waals surface area contributed by atoms with E-state index < -0.39 is 0 Å². The number of pyridine rings is 1. The summed E-state index contributed by atoms with van der Waals surface area (Å²) in [4.78, 5) is 17.6. The molecule has 1 N–H and O–H groups in total. The molecule has 0 aliphatic rings. The molecule has 3 rings (SSSR count). The van der Waals surface area contributed by atoms with Crippen molar-refractivity contribution in [2.75, 3.05) is 5.32 Å². The standard InChI is InChI=1S/C21H22N2O/c1-5-16-10-8-9-13(2)20(16)23-21(24)19-14(3)17-11-6-7-12-18(17)22-15(19)4/h6-12H,5H2,1-4H3,(H,23,24). The van der Waals surface area contributed by atoms with Crippen molar-refractivity contribution in [2.24, 2.45) is 0 Å². The smallest absolute Gasteiger partial charge is 0.257 e. The fourth-order valence-corrected chi connectivity index (χ4v) is 3.24. The number of fused-ring (bicyclic) bond motifs is 1. The van der Waals surface area contributed by atoms with Gasteiger partial charge in [0, 0.05) is 11.1 Å². The van der Waals surface area contributed by atoms with Gasteiger partial charge < -0.3 is 5.32 Å². The summed E-state index contributed by atoms with van der Waals surface area (Å²) in [6.07, 6.45) is 0.880. The molecule has 0 saturated carbocycles. The molecule has 0 bridgehead atoms.